The van der Waals surface area contributed by atoms with Crippen LogP contribution in [0.1, 0.15) is 156 Å². The molecule has 2 rings (SSSR count). The maximum atomic E-state index is 15.3. The van der Waals surface area contributed by atoms with Gasteiger partial charge in [0.1, 0.15) is 66.5 Å². The summed E-state index contributed by atoms with van der Waals surface area (Å²) < 4.78 is 11.6. The van der Waals surface area contributed by atoms with E-state index in [0.29, 0.717) is 26.0 Å². The second-order valence-electron chi connectivity index (χ2n) is 28.8. The first-order valence-electron chi connectivity index (χ1n) is 34.4. The number of rotatable bonds is 21. The fourth-order valence-electron chi connectivity index (χ4n) is 12.3. The number of carbonyl (C=O) groups is 11. The molecule has 0 unspecified atom stereocenters. The van der Waals surface area contributed by atoms with Crippen LogP contribution >= 0.6 is 0 Å². The van der Waals surface area contributed by atoms with Gasteiger partial charge in [-0.1, -0.05) is 102 Å². The third-order valence-electron chi connectivity index (χ3n) is 18.8. The Kier molecular flexibility index (Phi) is 35.0. The molecular formula is C69H124N12O14. The molecule has 2 aliphatic heterocycles. The minimum atomic E-state index is -1.64. The molecule has 2 heterocycles. The van der Waals surface area contributed by atoms with Gasteiger partial charge in [0.15, 0.2) is 0 Å². The first-order valence-corrected chi connectivity index (χ1v) is 34.4. The highest BCUT2D eigenvalue weighted by molar-refractivity contribution is 6.00. The summed E-state index contributed by atoms with van der Waals surface area (Å²) in [5.74, 6) is -10.4. The number of nitrogens with zero attached hydrogens (tertiary/aromatic N) is 8. The molecule has 14 atom stereocenters. The number of likely N-dealkylation sites (tertiary alicyclic amines) is 1. The smallest absolute Gasteiger partial charge is 0.246 e. The van der Waals surface area contributed by atoms with Crippen molar-refractivity contribution in [1.29, 1.82) is 0 Å². The molecule has 0 saturated carbocycles. The maximum absolute atomic E-state index is 15.3. The van der Waals surface area contributed by atoms with Gasteiger partial charge in [0.05, 0.1) is 25.4 Å². The predicted octanol–water partition coefficient (Wildman–Crippen LogP) is 2.98. The highest BCUT2D eigenvalue weighted by atomic mass is 16.5. The molecule has 11 amide bonds. The van der Waals surface area contributed by atoms with Gasteiger partial charge < -0.3 is 70.1 Å². The molecule has 2 fully saturated rings. The molecule has 5 N–H and O–H groups in total. The van der Waals surface area contributed by atoms with Gasteiger partial charge in [-0.25, -0.2) is 0 Å². The van der Waals surface area contributed by atoms with Crippen molar-refractivity contribution in [2.75, 3.05) is 89.3 Å². The Morgan fingerprint density at radius 2 is 1.02 bits per heavy atom. The Morgan fingerprint density at radius 3 is 1.52 bits per heavy atom. The molecule has 26 heteroatoms. The van der Waals surface area contributed by atoms with Gasteiger partial charge in [-0.15, -0.1) is 0 Å². The number of carbonyl (C=O) groups excluding carboxylic acids is 11. The van der Waals surface area contributed by atoms with Crippen LogP contribution in [0.3, 0.4) is 0 Å². The number of aliphatic hydroxyl groups excluding tert-OH is 1. The zero-order valence-electron chi connectivity index (χ0n) is 62.3. The molecule has 26 nitrogen and oxygen atoms in total. The van der Waals surface area contributed by atoms with Gasteiger partial charge in [-0.3, -0.25) is 57.6 Å². The Balaban J connectivity index is 3.02. The molecule has 0 aliphatic carbocycles. The molecule has 0 radical (unpaired) electrons. The zero-order chi connectivity index (χ0) is 73.0. The lowest BCUT2D eigenvalue weighted by Gasteiger charge is -2.41. The van der Waals surface area contributed by atoms with E-state index in [9.17, 15) is 33.9 Å². The molecule has 95 heavy (non-hydrogen) atoms. The minimum Gasteiger partial charge on any atom is -0.390 e. The lowest BCUT2D eigenvalue weighted by Crippen LogP contribution is -2.64. The van der Waals surface area contributed by atoms with E-state index in [1.54, 1.807) is 68.6 Å². The third-order valence-corrected chi connectivity index (χ3v) is 18.8. The van der Waals surface area contributed by atoms with Crippen molar-refractivity contribution in [3.63, 3.8) is 0 Å². The first-order chi connectivity index (χ1) is 44.1. The van der Waals surface area contributed by atoms with Gasteiger partial charge in [-0.2, -0.15) is 0 Å². The molecule has 544 valence electrons. The van der Waals surface area contributed by atoms with Crippen molar-refractivity contribution in [1.82, 2.24) is 60.5 Å². The molecule has 0 aromatic carbocycles. The summed E-state index contributed by atoms with van der Waals surface area (Å²) in [5, 5.41) is 23.4. The van der Waals surface area contributed by atoms with Gasteiger partial charge in [0, 0.05) is 82.0 Å². The van der Waals surface area contributed by atoms with Gasteiger partial charge >= 0.3 is 0 Å². The Bertz CT molecular complexity index is 2600. The summed E-state index contributed by atoms with van der Waals surface area (Å²) >= 11 is 0. The van der Waals surface area contributed by atoms with Crippen LogP contribution in [0.15, 0.2) is 12.2 Å². The molecule has 2 saturated heterocycles. The standard InChI is InChI=1S/C69H124N12O14/c1-26-28-29-44(13)58(82)57-62(86)72-50(27-2)65(89)74(18)48(17)64(88)79(23)56(45(14)38-95-33-32-81-36-49(37-81)94-25)61(85)73-54(42(9)10)68(92)75(19)51(31-30-39(3)4)60(84)70-46(15)59(83)71-47(16)63(87)76(20)52(34-40(5)6)66(90)77(21)53(35-41(7)8)67(91)78(22)55(43(11)12)69(93)80(57)24/h26,28,39-58,82H,27,29-38H2,1-25H3,(H,70,84)(H,71,83)(H,72,86)(H,73,85)/b28-26+/t44-,45-,46+,47-,48-,50+,51+,52+,53+,54+,55+,56+,57+,58-/m1/s1. The fourth-order valence-corrected chi connectivity index (χ4v) is 12.3. The average Bonchev–Trinajstić information content (AvgIpc) is 0.823. The molecule has 0 bridgehead atoms. The Hall–Kier alpha value is -6.25. The highest BCUT2D eigenvalue weighted by Crippen LogP contribution is 2.26. The summed E-state index contributed by atoms with van der Waals surface area (Å²) in [6.07, 6.45) is 3.40. The van der Waals surface area contributed by atoms with Gasteiger partial charge in [0.25, 0.3) is 0 Å². The van der Waals surface area contributed by atoms with Crippen molar-refractivity contribution in [3.05, 3.63) is 12.2 Å². The summed E-state index contributed by atoms with van der Waals surface area (Å²) in [6, 6.07) is -14.0. The van der Waals surface area contributed by atoms with Crippen LogP contribution in [0.25, 0.3) is 0 Å². The number of ether oxygens (including phenoxy) is 2. The van der Waals surface area contributed by atoms with Crippen LogP contribution in [-0.4, -0.2) is 277 Å². The number of allylic oxidation sites excluding steroid dienone is 2. The van der Waals surface area contributed by atoms with Gasteiger partial charge in [0.2, 0.25) is 65.0 Å². The third kappa shape index (κ3) is 23.5. The summed E-state index contributed by atoms with van der Waals surface area (Å²) in [7, 11) is 11.6. The highest BCUT2D eigenvalue weighted by Gasteiger charge is 2.46. The predicted molar refractivity (Wildman–Crippen MR) is 365 cm³/mol. The first kappa shape index (κ1) is 84.8. The minimum absolute atomic E-state index is 0.00641. The van der Waals surface area contributed by atoms with E-state index in [2.05, 4.69) is 26.2 Å². The van der Waals surface area contributed by atoms with Crippen molar-refractivity contribution in [2.45, 2.75) is 235 Å². The number of amides is 11. The van der Waals surface area contributed by atoms with E-state index >= 15 is 24.0 Å². The lowest BCUT2D eigenvalue weighted by atomic mass is 9.91. The number of methoxy groups -OCH3 is 1. The Morgan fingerprint density at radius 1 is 0.526 bits per heavy atom. The van der Waals surface area contributed by atoms with Crippen molar-refractivity contribution >= 4 is 65.0 Å². The van der Waals surface area contributed by atoms with Crippen LogP contribution in [0.5, 0.6) is 0 Å². The van der Waals surface area contributed by atoms with E-state index in [-0.39, 0.29) is 56.1 Å². The molecule has 2 aliphatic rings. The van der Waals surface area contributed by atoms with Crippen LogP contribution in [0.4, 0.5) is 0 Å². The summed E-state index contributed by atoms with van der Waals surface area (Å²) in [6.45, 7) is 31.9. The van der Waals surface area contributed by atoms with Crippen molar-refractivity contribution < 1.29 is 67.3 Å². The number of hydrogen-bond acceptors (Lipinski definition) is 15. The largest absolute Gasteiger partial charge is 0.390 e. The second kappa shape index (κ2) is 39.2. The maximum Gasteiger partial charge on any atom is 0.246 e. The molecule has 0 spiro atoms. The van der Waals surface area contributed by atoms with Gasteiger partial charge in [-0.05, 0) is 102 Å². The molecular weight excluding hydrogens is 1220 g/mol. The van der Waals surface area contributed by atoms with E-state index in [4.69, 9.17) is 9.47 Å². The fraction of sp³-hybridized carbons (Fsp3) is 0.812. The SMILES string of the molecule is C/C=C/C[C@@H](C)[C@@H](O)[C@H]1C(=O)N[C@@H](CC)C(=O)N(C)[C@H](C)C(=O)N(C)[C@@H]([C@H](C)COCCN2CC(OC)C2)C(=O)N[C@@H](C(C)C)C(=O)N(C)[C@@H](CCC(C)C)C(=O)N[C@@H](C)C(=O)N[C@H](C)C(=O)N(C)[C@@H](CC(C)C)C(=O)N(C)[C@@H](CC(C)C)C(=O)N(C)[C@@H](C(C)C)C(=O)N1C. The van der Waals surface area contributed by atoms with E-state index < -0.39 is 161 Å². The van der Waals surface area contributed by atoms with Crippen LogP contribution in [-0.2, 0) is 62.2 Å². The van der Waals surface area contributed by atoms with Crippen LogP contribution in [0.2, 0.25) is 0 Å². The normalized spacial score (nSPS) is 27.5. The average molecular weight is 1350 g/mol. The summed E-state index contributed by atoms with van der Waals surface area (Å²) in [4.78, 5) is 174. The Labute approximate surface area is 568 Å². The molecule has 0 aromatic heterocycles. The second-order valence-corrected chi connectivity index (χ2v) is 28.8. The van der Waals surface area contributed by atoms with Crippen molar-refractivity contribution in [3.8, 4) is 0 Å². The number of nitrogens with one attached hydrogen (secondary N) is 4. The van der Waals surface area contributed by atoms with Crippen LogP contribution in [0, 0.1) is 41.4 Å². The molecule has 0 aromatic rings. The quantitative estimate of drug-likeness (QED) is 0.0816. The topological polar surface area (TPSA) is 300 Å². The number of hydrogen-bond donors (Lipinski definition) is 5. The van der Waals surface area contributed by atoms with Crippen LogP contribution < -0.4 is 21.3 Å². The number of aliphatic hydroxyl groups is 1. The summed E-state index contributed by atoms with van der Waals surface area (Å²) in [5.41, 5.74) is 0. The lowest BCUT2D eigenvalue weighted by molar-refractivity contribution is -0.157. The number of likely N-dealkylation sites (N-methyl/N-ethyl adjacent to an activating group) is 7. The van der Waals surface area contributed by atoms with Crippen molar-refractivity contribution in [2.24, 2.45) is 41.4 Å². The van der Waals surface area contributed by atoms with E-state index in [0.717, 1.165) is 22.9 Å². The van der Waals surface area contributed by atoms with E-state index in [1.165, 1.54) is 94.6 Å². The zero-order valence-corrected chi connectivity index (χ0v) is 62.3. The monoisotopic (exact) mass is 1340 g/mol. The van der Waals surface area contributed by atoms with E-state index in [1.807, 2.05) is 47.6 Å².